The van der Waals surface area contributed by atoms with Gasteiger partial charge >= 0.3 is 0 Å². The molecule has 0 spiro atoms. The summed E-state index contributed by atoms with van der Waals surface area (Å²) < 4.78 is 0. The minimum absolute atomic E-state index is 0.302. The Bertz CT molecular complexity index is 183. The lowest BCUT2D eigenvalue weighted by Gasteiger charge is -2.16. The third-order valence-corrected chi connectivity index (χ3v) is 3.09. The lowest BCUT2D eigenvalue weighted by atomic mass is 10.1. The minimum atomic E-state index is 0.302. The van der Waals surface area contributed by atoms with E-state index < -0.39 is 0 Å². The number of nitrogens with one attached hydrogen (secondary N) is 1. The summed E-state index contributed by atoms with van der Waals surface area (Å²) >= 11 is 0. The summed E-state index contributed by atoms with van der Waals surface area (Å²) in [5, 5.41) is 3.10. The summed E-state index contributed by atoms with van der Waals surface area (Å²) in [4.78, 5) is 13.6. The molecule has 1 amide bonds. The Morgan fingerprint density at radius 1 is 1.06 bits per heavy atom. The van der Waals surface area contributed by atoms with Crippen molar-refractivity contribution in [3.63, 3.8) is 0 Å². The van der Waals surface area contributed by atoms with Crippen molar-refractivity contribution in [1.82, 2.24) is 10.2 Å². The van der Waals surface area contributed by atoms with Gasteiger partial charge in [-0.05, 0) is 26.4 Å². The van der Waals surface area contributed by atoms with Crippen molar-refractivity contribution in [3.8, 4) is 0 Å². The number of nitrogens with zero attached hydrogens (tertiary/aromatic N) is 1. The zero-order chi connectivity index (χ0) is 12.9. The Hall–Kier alpha value is -0.570. The van der Waals surface area contributed by atoms with Crippen LogP contribution in [-0.4, -0.2) is 38.0 Å². The Kier molecular flexibility index (Phi) is 11.5. The number of amides is 1. The molecule has 0 bridgehead atoms. The summed E-state index contributed by atoms with van der Waals surface area (Å²) in [6.45, 7) is 4.08. The van der Waals surface area contributed by atoms with E-state index in [0.717, 1.165) is 32.4 Å². The van der Waals surface area contributed by atoms with Crippen molar-refractivity contribution in [2.75, 3.05) is 27.2 Å². The number of hydrogen-bond donors (Lipinski definition) is 1. The first-order valence-electron chi connectivity index (χ1n) is 7.11. The molecule has 0 saturated carbocycles. The Labute approximate surface area is 107 Å². The molecule has 3 nitrogen and oxygen atoms in total. The Morgan fingerprint density at radius 2 is 1.71 bits per heavy atom. The van der Waals surface area contributed by atoms with Crippen molar-refractivity contribution in [2.45, 2.75) is 58.3 Å². The standard InChI is InChI=1S/C14H30N2O/c1-4-5-6-7-8-9-11-14(17)16(3)13-10-12-15-2/h15H,4-13H2,1-3H3. The number of rotatable bonds is 11. The molecule has 3 heteroatoms. The van der Waals surface area contributed by atoms with Crippen LogP contribution < -0.4 is 5.32 Å². The van der Waals surface area contributed by atoms with E-state index in [4.69, 9.17) is 0 Å². The smallest absolute Gasteiger partial charge is 0.222 e. The summed E-state index contributed by atoms with van der Waals surface area (Å²) in [5.41, 5.74) is 0. The second-order valence-corrected chi connectivity index (χ2v) is 4.79. The molecule has 0 saturated heterocycles. The average molecular weight is 242 g/mol. The van der Waals surface area contributed by atoms with Crippen LogP contribution in [0.2, 0.25) is 0 Å². The van der Waals surface area contributed by atoms with Crippen LogP contribution in [0.15, 0.2) is 0 Å². The maximum absolute atomic E-state index is 11.7. The average Bonchev–Trinajstić information content (AvgIpc) is 2.33. The highest BCUT2D eigenvalue weighted by molar-refractivity contribution is 5.75. The van der Waals surface area contributed by atoms with Crippen molar-refractivity contribution < 1.29 is 4.79 Å². The van der Waals surface area contributed by atoms with E-state index in [-0.39, 0.29) is 0 Å². The number of carbonyl (C=O) groups is 1. The van der Waals surface area contributed by atoms with E-state index in [1.807, 2.05) is 19.0 Å². The maximum atomic E-state index is 11.7. The highest BCUT2D eigenvalue weighted by Gasteiger charge is 2.07. The van der Waals surface area contributed by atoms with Crippen molar-refractivity contribution in [1.29, 1.82) is 0 Å². The molecule has 0 aromatic heterocycles. The van der Waals surface area contributed by atoms with Crippen LogP contribution in [0.1, 0.15) is 58.3 Å². The van der Waals surface area contributed by atoms with Gasteiger partial charge < -0.3 is 10.2 Å². The van der Waals surface area contributed by atoms with Crippen LogP contribution >= 0.6 is 0 Å². The molecular weight excluding hydrogens is 212 g/mol. The van der Waals surface area contributed by atoms with E-state index in [0.29, 0.717) is 5.91 Å². The first-order chi connectivity index (χ1) is 8.22. The zero-order valence-corrected chi connectivity index (χ0v) is 11.9. The van der Waals surface area contributed by atoms with Gasteiger partial charge in [-0.25, -0.2) is 0 Å². The molecule has 0 atom stereocenters. The molecule has 0 rings (SSSR count). The van der Waals surface area contributed by atoms with Gasteiger partial charge in [-0.15, -0.1) is 0 Å². The van der Waals surface area contributed by atoms with E-state index in [1.54, 1.807) is 0 Å². The van der Waals surface area contributed by atoms with Gasteiger partial charge in [-0.3, -0.25) is 4.79 Å². The SMILES string of the molecule is CCCCCCCCC(=O)N(C)CCCNC. The second-order valence-electron chi connectivity index (χ2n) is 4.79. The molecule has 0 aromatic carbocycles. The molecular formula is C14H30N2O. The van der Waals surface area contributed by atoms with Gasteiger partial charge in [0, 0.05) is 20.0 Å². The lowest BCUT2D eigenvalue weighted by Crippen LogP contribution is -2.29. The van der Waals surface area contributed by atoms with Crippen molar-refractivity contribution in [2.24, 2.45) is 0 Å². The van der Waals surface area contributed by atoms with E-state index >= 15 is 0 Å². The van der Waals surface area contributed by atoms with E-state index in [1.165, 1.54) is 32.1 Å². The quantitative estimate of drug-likeness (QED) is 0.565. The Morgan fingerprint density at radius 3 is 2.35 bits per heavy atom. The molecule has 0 aliphatic rings. The summed E-state index contributed by atoms with van der Waals surface area (Å²) in [5.74, 6) is 0.302. The second kappa shape index (κ2) is 11.9. The molecule has 0 fully saturated rings. The van der Waals surface area contributed by atoms with Crippen LogP contribution in [0.4, 0.5) is 0 Å². The normalized spacial score (nSPS) is 10.5. The lowest BCUT2D eigenvalue weighted by molar-refractivity contribution is -0.130. The van der Waals surface area contributed by atoms with Gasteiger partial charge in [0.1, 0.15) is 0 Å². The van der Waals surface area contributed by atoms with Gasteiger partial charge in [0.2, 0.25) is 5.91 Å². The van der Waals surface area contributed by atoms with Crippen LogP contribution in [0.5, 0.6) is 0 Å². The number of unbranched alkanes of at least 4 members (excludes halogenated alkanes) is 5. The third kappa shape index (κ3) is 10.3. The largest absolute Gasteiger partial charge is 0.346 e. The molecule has 102 valence electrons. The van der Waals surface area contributed by atoms with E-state index in [9.17, 15) is 4.79 Å². The fourth-order valence-electron chi connectivity index (χ4n) is 1.87. The first-order valence-corrected chi connectivity index (χ1v) is 7.11. The third-order valence-electron chi connectivity index (χ3n) is 3.09. The molecule has 0 aliphatic carbocycles. The van der Waals surface area contributed by atoms with Crippen LogP contribution in [0.25, 0.3) is 0 Å². The zero-order valence-electron chi connectivity index (χ0n) is 11.9. The monoisotopic (exact) mass is 242 g/mol. The first kappa shape index (κ1) is 16.4. The van der Waals surface area contributed by atoms with Gasteiger partial charge in [-0.2, -0.15) is 0 Å². The fourth-order valence-corrected chi connectivity index (χ4v) is 1.87. The summed E-state index contributed by atoms with van der Waals surface area (Å²) in [7, 11) is 3.85. The number of hydrogen-bond acceptors (Lipinski definition) is 2. The molecule has 17 heavy (non-hydrogen) atoms. The minimum Gasteiger partial charge on any atom is -0.346 e. The van der Waals surface area contributed by atoms with E-state index in [2.05, 4.69) is 12.2 Å². The summed E-state index contributed by atoms with van der Waals surface area (Å²) in [6.07, 6.45) is 9.24. The molecule has 0 aromatic rings. The van der Waals surface area contributed by atoms with Crippen LogP contribution in [0, 0.1) is 0 Å². The predicted octanol–water partition coefficient (Wildman–Crippen LogP) is 2.80. The van der Waals surface area contributed by atoms with Gasteiger partial charge in [0.15, 0.2) is 0 Å². The fraction of sp³-hybridized carbons (Fsp3) is 0.929. The predicted molar refractivity (Wildman–Crippen MR) is 74.2 cm³/mol. The number of carbonyl (C=O) groups excluding carboxylic acids is 1. The molecule has 1 N–H and O–H groups in total. The van der Waals surface area contributed by atoms with Gasteiger partial charge in [-0.1, -0.05) is 39.0 Å². The topological polar surface area (TPSA) is 32.3 Å². The highest BCUT2D eigenvalue weighted by Crippen LogP contribution is 2.07. The van der Waals surface area contributed by atoms with Crippen LogP contribution in [-0.2, 0) is 4.79 Å². The van der Waals surface area contributed by atoms with Gasteiger partial charge in [0.25, 0.3) is 0 Å². The summed E-state index contributed by atoms with van der Waals surface area (Å²) in [6, 6.07) is 0. The van der Waals surface area contributed by atoms with Gasteiger partial charge in [0.05, 0.1) is 0 Å². The maximum Gasteiger partial charge on any atom is 0.222 e. The van der Waals surface area contributed by atoms with Crippen LogP contribution in [0.3, 0.4) is 0 Å². The Balaban J connectivity index is 3.37. The molecule has 0 unspecified atom stereocenters. The molecule has 0 radical (unpaired) electrons. The molecule has 0 heterocycles. The van der Waals surface area contributed by atoms with Crippen molar-refractivity contribution in [3.05, 3.63) is 0 Å². The highest BCUT2D eigenvalue weighted by atomic mass is 16.2. The molecule has 0 aliphatic heterocycles. The van der Waals surface area contributed by atoms with Crippen molar-refractivity contribution >= 4 is 5.91 Å².